The molecule has 2 aromatic carbocycles. The van der Waals surface area contributed by atoms with Crippen LogP contribution in [0.15, 0.2) is 53.3 Å². The molecule has 4 rings (SSSR count). The first-order chi connectivity index (χ1) is 15.3. The van der Waals surface area contributed by atoms with E-state index in [1.54, 1.807) is 0 Å². The van der Waals surface area contributed by atoms with E-state index in [0.717, 1.165) is 32.7 Å². The summed E-state index contributed by atoms with van der Waals surface area (Å²) in [6, 6.07) is 14.7. The number of aromatic nitrogens is 2. The van der Waals surface area contributed by atoms with Crippen LogP contribution in [0.3, 0.4) is 0 Å². The summed E-state index contributed by atoms with van der Waals surface area (Å²) in [5, 5.41) is 10.7. The number of carbonyl (C=O) groups is 1. The van der Waals surface area contributed by atoms with Gasteiger partial charge in [0.1, 0.15) is 16.7 Å². The minimum absolute atomic E-state index is 0.287. The van der Waals surface area contributed by atoms with Crippen molar-refractivity contribution in [3.05, 3.63) is 86.0 Å². The number of hydrogen-bond donors (Lipinski definition) is 1. The highest BCUT2D eigenvalue weighted by molar-refractivity contribution is 7.18. The second kappa shape index (κ2) is 8.71. The van der Waals surface area contributed by atoms with Gasteiger partial charge in [-0.25, -0.2) is 9.78 Å². The summed E-state index contributed by atoms with van der Waals surface area (Å²) in [4.78, 5) is 32.6. The fraction of sp³-hybridized carbons (Fsp3) is 0.269. The summed E-state index contributed by atoms with van der Waals surface area (Å²) in [5.41, 5.74) is 4.55. The van der Waals surface area contributed by atoms with Crippen LogP contribution in [-0.4, -0.2) is 20.6 Å². The Hall–Kier alpha value is -3.25. The van der Waals surface area contributed by atoms with E-state index in [4.69, 9.17) is 4.98 Å². The third-order valence-electron chi connectivity index (χ3n) is 5.94. The first-order valence-electron chi connectivity index (χ1n) is 10.6. The molecular formula is C26H26N2O3S. The van der Waals surface area contributed by atoms with Gasteiger partial charge in [-0.1, -0.05) is 53.6 Å². The number of nitrogens with zero attached hydrogens (tertiary/aromatic N) is 2. The van der Waals surface area contributed by atoms with Gasteiger partial charge in [0.2, 0.25) is 0 Å². The number of fused-ring (bicyclic) bond motifs is 1. The summed E-state index contributed by atoms with van der Waals surface area (Å²) >= 11 is 1.47. The van der Waals surface area contributed by atoms with Crippen molar-refractivity contribution in [3.63, 3.8) is 0 Å². The van der Waals surface area contributed by atoms with Crippen molar-refractivity contribution in [2.24, 2.45) is 0 Å². The van der Waals surface area contributed by atoms with E-state index in [1.165, 1.54) is 15.9 Å². The Morgan fingerprint density at radius 1 is 1.06 bits per heavy atom. The molecule has 1 N–H and O–H groups in total. The maximum Gasteiger partial charge on any atom is 0.326 e. The molecule has 0 spiro atoms. The minimum Gasteiger partial charge on any atom is -0.480 e. The van der Waals surface area contributed by atoms with E-state index >= 15 is 0 Å². The SMILES string of the molecule is Cc1ccc(CCC(C(=O)O)n2c(-c3cccc(C)c3)nc3sc(C)c(C)c3c2=O)cc1. The van der Waals surface area contributed by atoms with Crippen molar-refractivity contribution >= 4 is 27.5 Å². The molecule has 0 aliphatic rings. The standard InChI is InChI=1S/C26H26N2O3S/c1-15-8-10-19(11-9-15)12-13-21(26(30)31)28-23(20-7-5-6-16(2)14-20)27-24-22(25(28)29)17(3)18(4)32-24/h5-11,14,21H,12-13H2,1-4H3,(H,30,31). The van der Waals surface area contributed by atoms with Gasteiger partial charge < -0.3 is 5.11 Å². The van der Waals surface area contributed by atoms with Gasteiger partial charge in [-0.3, -0.25) is 9.36 Å². The fourth-order valence-electron chi connectivity index (χ4n) is 4.00. The zero-order valence-electron chi connectivity index (χ0n) is 18.7. The zero-order valence-corrected chi connectivity index (χ0v) is 19.5. The van der Waals surface area contributed by atoms with E-state index in [1.807, 2.05) is 76.2 Å². The quantitative estimate of drug-likeness (QED) is 0.417. The zero-order chi connectivity index (χ0) is 23.0. The molecule has 4 aromatic rings. The topological polar surface area (TPSA) is 72.2 Å². The van der Waals surface area contributed by atoms with Crippen LogP contribution >= 0.6 is 11.3 Å². The average molecular weight is 447 g/mol. The normalized spacial score (nSPS) is 12.2. The van der Waals surface area contributed by atoms with Gasteiger partial charge in [-0.2, -0.15) is 0 Å². The van der Waals surface area contributed by atoms with Crippen molar-refractivity contribution in [1.82, 2.24) is 9.55 Å². The van der Waals surface area contributed by atoms with Gasteiger partial charge in [0, 0.05) is 10.4 Å². The molecule has 0 saturated heterocycles. The first kappa shape index (κ1) is 22.0. The lowest BCUT2D eigenvalue weighted by Crippen LogP contribution is -2.32. The molecule has 0 amide bonds. The number of aliphatic carboxylic acids is 1. The monoisotopic (exact) mass is 446 g/mol. The number of aryl methyl sites for hydroxylation is 5. The van der Waals surface area contributed by atoms with Crippen LogP contribution < -0.4 is 5.56 Å². The third-order valence-corrected chi connectivity index (χ3v) is 7.04. The highest BCUT2D eigenvalue weighted by atomic mass is 32.1. The molecule has 0 aliphatic heterocycles. The van der Waals surface area contributed by atoms with Gasteiger partial charge in [-0.05, 0) is 57.7 Å². The van der Waals surface area contributed by atoms with Crippen molar-refractivity contribution < 1.29 is 9.90 Å². The fourth-order valence-corrected chi connectivity index (χ4v) is 5.02. The molecule has 2 heterocycles. The molecule has 0 radical (unpaired) electrons. The average Bonchev–Trinajstić information content (AvgIpc) is 3.04. The number of carboxylic acid groups (broad SMARTS) is 1. The largest absolute Gasteiger partial charge is 0.480 e. The second-order valence-corrected chi connectivity index (χ2v) is 9.52. The Balaban J connectivity index is 1.90. The minimum atomic E-state index is -1.03. The summed E-state index contributed by atoms with van der Waals surface area (Å²) in [6.45, 7) is 7.85. The maximum atomic E-state index is 13.7. The molecule has 0 fully saturated rings. The van der Waals surface area contributed by atoms with Gasteiger partial charge in [0.05, 0.1) is 5.39 Å². The molecule has 1 atom stereocenters. The molecular weight excluding hydrogens is 420 g/mol. The van der Waals surface area contributed by atoms with Gasteiger partial charge >= 0.3 is 5.97 Å². The van der Waals surface area contributed by atoms with Crippen molar-refractivity contribution in [1.29, 1.82) is 0 Å². The van der Waals surface area contributed by atoms with Crippen LogP contribution in [-0.2, 0) is 11.2 Å². The third kappa shape index (κ3) is 4.10. The van der Waals surface area contributed by atoms with Crippen LogP contribution in [0.4, 0.5) is 0 Å². The van der Waals surface area contributed by atoms with Crippen LogP contribution in [0.5, 0.6) is 0 Å². The van der Waals surface area contributed by atoms with Gasteiger partial charge in [-0.15, -0.1) is 11.3 Å². The van der Waals surface area contributed by atoms with Crippen LogP contribution in [0, 0.1) is 27.7 Å². The molecule has 32 heavy (non-hydrogen) atoms. The van der Waals surface area contributed by atoms with Crippen LogP contribution in [0.25, 0.3) is 21.6 Å². The van der Waals surface area contributed by atoms with E-state index in [9.17, 15) is 14.7 Å². The van der Waals surface area contributed by atoms with E-state index in [-0.39, 0.29) is 5.56 Å². The summed E-state index contributed by atoms with van der Waals surface area (Å²) in [5.74, 6) is -0.623. The number of hydrogen-bond acceptors (Lipinski definition) is 4. The van der Waals surface area contributed by atoms with Crippen molar-refractivity contribution in [2.75, 3.05) is 0 Å². The van der Waals surface area contributed by atoms with E-state index < -0.39 is 12.0 Å². The Morgan fingerprint density at radius 3 is 2.44 bits per heavy atom. The Morgan fingerprint density at radius 2 is 1.78 bits per heavy atom. The highest BCUT2D eigenvalue weighted by Gasteiger charge is 2.27. The summed E-state index contributed by atoms with van der Waals surface area (Å²) < 4.78 is 1.40. The number of benzene rings is 2. The number of carboxylic acids is 1. The molecule has 2 aromatic heterocycles. The number of rotatable bonds is 6. The van der Waals surface area contributed by atoms with Gasteiger partial charge in [0.15, 0.2) is 0 Å². The first-order valence-corrected chi connectivity index (χ1v) is 11.5. The Bertz CT molecular complexity index is 1370. The number of thiophene rings is 1. The highest BCUT2D eigenvalue weighted by Crippen LogP contribution is 2.31. The lowest BCUT2D eigenvalue weighted by Gasteiger charge is -2.20. The smallest absolute Gasteiger partial charge is 0.326 e. The molecule has 0 bridgehead atoms. The predicted octanol–water partition coefficient (Wildman–Crippen LogP) is 5.62. The molecule has 0 saturated carbocycles. The lowest BCUT2D eigenvalue weighted by atomic mass is 10.0. The van der Waals surface area contributed by atoms with E-state index in [2.05, 4.69) is 0 Å². The molecule has 1 unspecified atom stereocenters. The Labute approximate surface area is 191 Å². The molecule has 0 aliphatic carbocycles. The Kier molecular flexibility index (Phi) is 5.98. The van der Waals surface area contributed by atoms with Crippen LogP contribution in [0.2, 0.25) is 0 Å². The molecule has 5 nitrogen and oxygen atoms in total. The van der Waals surface area contributed by atoms with E-state index in [0.29, 0.717) is 28.9 Å². The lowest BCUT2D eigenvalue weighted by molar-refractivity contribution is -0.141. The van der Waals surface area contributed by atoms with Crippen LogP contribution in [0.1, 0.15) is 39.6 Å². The maximum absolute atomic E-state index is 13.7. The van der Waals surface area contributed by atoms with Gasteiger partial charge in [0.25, 0.3) is 5.56 Å². The van der Waals surface area contributed by atoms with Crippen molar-refractivity contribution in [3.8, 4) is 11.4 Å². The molecule has 164 valence electrons. The summed E-state index contributed by atoms with van der Waals surface area (Å²) in [7, 11) is 0. The summed E-state index contributed by atoms with van der Waals surface area (Å²) in [6.07, 6.45) is 0.850. The second-order valence-electron chi connectivity index (χ2n) is 8.32. The van der Waals surface area contributed by atoms with Crippen molar-refractivity contribution in [2.45, 2.75) is 46.6 Å². The molecule has 6 heteroatoms. The predicted molar refractivity (Wildman–Crippen MR) is 130 cm³/mol.